The van der Waals surface area contributed by atoms with Crippen LogP contribution in [0.1, 0.15) is 28.8 Å². The molecule has 0 saturated carbocycles. The maximum absolute atomic E-state index is 12.9. The number of hydrogen-bond acceptors (Lipinski definition) is 3. The van der Waals surface area contributed by atoms with Crippen molar-refractivity contribution < 1.29 is 14.3 Å². The minimum atomic E-state index is -0.0967. The largest absolute Gasteiger partial charge is 0.496 e. The molecule has 0 N–H and O–H groups in total. The van der Waals surface area contributed by atoms with Gasteiger partial charge in [0.2, 0.25) is 5.91 Å². The van der Waals surface area contributed by atoms with Crippen molar-refractivity contribution in [2.45, 2.75) is 19.4 Å². The average Bonchev–Trinajstić information content (AvgIpc) is 3.07. The second kappa shape index (κ2) is 7.91. The Hall–Kier alpha value is -2.34. The molecule has 0 aromatic heterocycles. The summed E-state index contributed by atoms with van der Waals surface area (Å²) in [5, 5.41) is 0. The summed E-state index contributed by atoms with van der Waals surface area (Å²) in [7, 11) is 3.38. The summed E-state index contributed by atoms with van der Waals surface area (Å²) >= 11 is 3.45. The standard InChI is InChI=1S/C20H21BrN2O3/c1-22(13-15-11-16(21)8-9-18(15)26-2)20(25)14-5-3-6-17(12-14)23-10-4-7-19(23)24/h3,5-6,8-9,11-12H,4,7,10,13H2,1-2H3. The van der Waals surface area contributed by atoms with E-state index >= 15 is 0 Å². The molecule has 1 fully saturated rings. The highest BCUT2D eigenvalue weighted by Gasteiger charge is 2.23. The summed E-state index contributed by atoms with van der Waals surface area (Å²) in [4.78, 5) is 28.2. The number of amides is 2. The fourth-order valence-electron chi connectivity index (χ4n) is 3.15. The van der Waals surface area contributed by atoms with Crippen LogP contribution in [0.15, 0.2) is 46.9 Å². The van der Waals surface area contributed by atoms with Crippen LogP contribution in [-0.4, -0.2) is 37.4 Å². The number of nitrogens with zero attached hydrogens (tertiary/aromatic N) is 2. The van der Waals surface area contributed by atoms with Gasteiger partial charge in [-0.2, -0.15) is 0 Å². The molecule has 0 unspecified atom stereocenters. The van der Waals surface area contributed by atoms with Gasteiger partial charge in [0.1, 0.15) is 5.75 Å². The first-order valence-corrected chi connectivity index (χ1v) is 9.27. The molecule has 2 amide bonds. The molecule has 1 heterocycles. The van der Waals surface area contributed by atoms with E-state index < -0.39 is 0 Å². The van der Waals surface area contributed by atoms with Crippen molar-refractivity contribution in [3.63, 3.8) is 0 Å². The third-order valence-electron chi connectivity index (χ3n) is 4.47. The van der Waals surface area contributed by atoms with Gasteiger partial charge in [0.05, 0.1) is 7.11 Å². The van der Waals surface area contributed by atoms with Crippen molar-refractivity contribution in [1.29, 1.82) is 0 Å². The highest BCUT2D eigenvalue weighted by atomic mass is 79.9. The molecule has 0 radical (unpaired) electrons. The molecule has 1 saturated heterocycles. The second-order valence-electron chi connectivity index (χ2n) is 6.32. The number of anilines is 1. The van der Waals surface area contributed by atoms with E-state index in [1.54, 1.807) is 36.1 Å². The first-order chi connectivity index (χ1) is 12.5. The Morgan fingerprint density at radius 3 is 2.77 bits per heavy atom. The molecule has 6 heteroatoms. The molecule has 0 aliphatic carbocycles. The van der Waals surface area contributed by atoms with Gasteiger partial charge < -0.3 is 14.5 Å². The minimum absolute atomic E-state index is 0.0967. The molecule has 2 aromatic rings. The van der Waals surface area contributed by atoms with Crippen molar-refractivity contribution >= 4 is 33.4 Å². The Balaban J connectivity index is 1.79. The van der Waals surface area contributed by atoms with E-state index in [9.17, 15) is 9.59 Å². The lowest BCUT2D eigenvalue weighted by molar-refractivity contribution is -0.117. The van der Waals surface area contributed by atoms with E-state index in [4.69, 9.17) is 4.74 Å². The molecule has 0 spiro atoms. The van der Waals surface area contributed by atoms with Gasteiger partial charge in [0.15, 0.2) is 0 Å². The van der Waals surface area contributed by atoms with E-state index in [1.165, 1.54) is 0 Å². The number of hydrogen-bond donors (Lipinski definition) is 0. The number of ether oxygens (including phenoxy) is 1. The molecule has 136 valence electrons. The number of carbonyl (C=O) groups excluding carboxylic acids is 2. The third-order valence-corrected chi connectivity index (χ3v) is 4.97. The Bertz CT molecular complexity index is 838. The lowest BCUT2D eigenvalue weighted by Gasteiger charge is -2.21. The zero-order valence-corrected chi connectivity index (χ0v) is 16.5. The average molecular weight is 417 g/mol. The lowest BCUT2D eigenvalue weighted by Crippen LogP contribution is -2.27. The smallest absolute Gasteiger partial charge is 0.253 e. The van der Waals surface area contributed by atoms with Gasteiger partial charge in [0.25, 0.3) is 5.91 Å². The molecular formula is C20H21BrN2O3. The van der Waals surface area contributed by atoms with Crippen LogP contribution in [0.3, 0.4) is 0 Å². The first kappa shape index (κ1) is 18.5. The maximum Gasteiger partial charge on any atom is 0.253 e. The number of benzene rings is 2. The van der Waals surface area contributed by atoms with Crippen molar-refractivity contribution in [2.75, 3.05) is 25.6 Å². The van der Waals surface area contributed by atoms with Crippen LogP contribution < -0.4 is 9.64 Å². The molecular weight excluding hydrogens is 396 g/mol. The highest BCUT2D eigenvalue weighted by Crippen LogP contribution is 2.26. The lowest BCUT2D eigenvalue weighted by atomic mass is 10.1. The predicted molar refractivity (Wildman–Crippen MR) is 105 cm³/mol. The molecule has 0 bridgehead atoms. The van der Waals surface area contributed by atoms with E-state index in [0.717, 1.165) is 27.9 Å². The second-order valence-corrected chi connectivity index (χ2v) is 7.23. The van der Waals surface area contributed by atoms with Crippen LogP contribution in [-0.2, 0) is 11.3 Å². The van der Waals surface area contributed by atoms with Gasteiger partial charge in [-0.15, -0.1) is 0 Å². The van der Waals surface area contributed by atoms with Crippen LogP contribution in [0, 0.1) is 0 Å². The van der Waals surface area contributed by atoms with Gasteiger partial charge in [-0.25, -0.2) is 0 Å². The van der Waals surface area contributed by atoms with Crippen LogP contribution in [0.5, 0.6) is 5.75 Å². The molecule has 0 atom stereocenters. The summed E-state index contributed by atoms with van der Waals surface area (Å²) in [5.74, 6) is 0.756. The van der Waals surface area contributed by atoms with Gasteiger partial charge in [-0.05, 0) is 42.8 Å². The first-order valence-electron chi connectivity index (χ1n) is 8.48. The molecule has 2 aromatic carbocycles. The Morgan fingerprint density at radius 1 is 1.27 bits per heavy atom. The Morgan fingerprint density at radius 2 is 2.08 bits per heavy atom. The number of rotatable bonds is 5. The van der Waals surface area contributed by atoms with Crippen molar-refractivity contribution in [3.8, 4) is 5.75 Å². The number of halogens is 1. The molecule has 3 rings (SSSR count). The number of methoxy groups -OCH3 is 1. The van der Waals surface area contributed by atoms with Crippen molar-refractivity contribution in [1.82, 2.24) is 4.90 Å². The van der Waals surface area contributed by atoms with Crippen molar-refractivity contribution in [3.05, 3.63) is 58.1 Å². The van der Waals surface area contributed by atoms with Gasteiger partial charge in [0, 0.05) is 47.8 Å². The van der Waals surface area contributed by atoms with Crippen LogP contribution >= 0.6 is 15.9 Å². The molecule has 5 nitrogen and oxygen atoms in total. The monoisotopic (exact) mass is 416 g/mol. The summed E-state index contributed by atoms with van der Waals surface area (Å²) in [6, 6.07) is 13.0. The molecule has 26 heavy (non-hydrogen) atoms. The quantitative estimate of drug-likeness (QED) is 0.743. The topological polar surface area (TPSA) is 49.9 Å². The molecule has 1 aliphatic heterocycles. The zero-order valence-electron chi connectivity index (χ0n) is 14.9. The Labute approximate surface area is 161 Å². The normalized spacial score (nSPS) is 13.8. The van der Waals surface area contributed by atoms with Gasteiger partial charge in [-0.3, -0.25) is 9.59 Å². The van der Waals surface area contributed by atoms with Crippen LogP contribution in [0.25, 0.3) is 0 Å². The maximum atomic E-state index is 12.9. The van der Waals surface area contributed by atoms with E-state index in [-0.39, 0.29) is 11.8 Å². The van der Waals surface area contributed by atoms with Crippen molar-refractivity contribution in [2.24, 2.45) is 0 Å². The van der Waals surface area contributed by atoms with Gasteiger partial charge >= 0.3 is 0 Å². The fourth-order valence-corrected chi connectivity index (χ4v) is 3.55. The van der Waals surface area contributed by atoms with E-state index in [1.807, 2.05) is 30.3 Å². The minimum Gasteiger partial charge on any atom is -0.496 e. The fraction of sp³-hybridized carbons (Fsp3) is 0.300. The summed E-state index contributed by atoms with van der Waals surface area (Å²) in [6.45, 7) is 1.13. The summed E-state index contributed by atoms with van der Waals surface area (Å²) < 4.78 is 6.32. The number of carbonyl (C=O) groups is 2. The Kier molecular flexibility index (Phi) is 5.61. The van der Waals surface area contributed by atoms with Crippen LogP contribution in [0.2, 0.25) is 0 Å². The molecule has 1 aliphatic rings. The summed E-state index contributed by atoms with van der Waals surface area (Å²) in [5.41, 5.74) is 2.27. The SMILES string of the molecule is COc1ccc(Br)cc1CN(C)C(=O)c1cccc(N2CCCC2=O)c1. The summed E-state index contributed by atoms with van der Waals surface area (Å²) in [6.07, 6.45) is 1.43. The van der Waals surface area contributed by atoms with Gasteiger partial charge in [-0.1, -0.05) is 22.0 Å². The predicted octanol–water partition coefficient (Wildman–Crippen LogP) is 3.86. The highest BCUT2D eigenvalue weighted by molar-refractivity contribution is 9.10. The van der Waals surface area contributed by atoms with E-state index in [0.29, 0.717) is 25.1 Å². The third kappa shape index (κ3) is 3.90. The van der Waals surface area contributed by atoms with E-state index in [2.05, 4.69) is 15.9 Å². The zero-order chi connectivity index (χ0) is 18.7. The van der Waals surface area contributed by atoms with Crippen LogP contribution in [0.4, 0.5) is 5.69 Å².